The lowest BCUT2D eigenvalue weighted by Crippen LogP contribution is -2.34. The Morgan fingerprint density at radius 1 is 1.47 bits per heavy atom. The van der Waals surface area contributed by atoms with E-state index in [1.54, 1.807) is 0 Å². The van der Waals surface area contributed by atoms with Crippen molar-refractivity contribution in [2.24, 2.45) is 0 Å². The maximum atomic E-state index is 11.6. The first-order valence-corrected chi connectivity index (χ1v) is 5.29. The Kier molecular flexibility index (Phi) is 2.88. The molecule has 15 heavy (non-hydrogen) atoms. The minimum atomic E-state index is -0.192. The number of rotatable bonds is 1. The zero-order chi connectivity index (χ0) is 10.8. The highest BCUT2D eigenvalue weighted by Crippen LogP contribution is 2.22. The fourth-order valence-electron chi connectivity index (χ4n) is 1.58. The molecule has 1 aliphatic heterocycles. The average Bonchev–Trinajstić information content (AvgIpc) is 2.62. The predicted molar refractivity (Wildman–Crippen MR) is 62.5 cm³/mol. The quantitative estimate of drug-likeness (QED) is 0.460. The molecule has 1 aliphatic rings. The van der Waals surface area contributed by atoms with E-state index < -0.39 is 0 Å². The van der Waals surface area contributed by atoms with E-state index in [9.17, 15) is 4.79 Å². The molecule has 2 rings (SSSR count). The Labute approximate surface area is 98.0 Å². The summed E-state index contributed by atoms with van der Waals surface area (Å²) in [5.41, 5.74) is 3.60. The summed E-state index contributed by atoms with van der Waals surface area (Å²) in [6.07, 6.45) is 0. The normalized spacial score (nSPS) is 20.2. The van der Waals surface area contributed by atoms with E-state index in [-0.39, 0.29) is 16.3 Å². The number of nitrogens with one attached hydrogen (secondary N) is 1. The van der Waals surface area contributed by atoms with Crippen LogP contribution in [0.15, 0.2) is 30.3 Å². The summed E-state index contributed by atoms with van der Waals surface area (Å²) >= 11 is 10.4. The number of hydrogen-bond donors (Lipinski definition) is 1. The summed E-state index contributed by atoms with van der Waals surface area (Å²) < 4.78 is 0.168. The number of nitrogens with zero attached hydrogens (tertiary/aromatic N) is 1. The number of carbonyl (C=O) groups is 1. The number of hydrazine groups is 1. The van der Waals surface area contributed by atoms with Gasteiger partial charge in [-0.2, -0.15) is 0 Å². The predicted octanol–water partition coefficient (Wildman–Crippen LogP) is 1.64. The first-order chi connectivity index (χ1) is 7.18. The summed E-state index contributed by atoms with van der Waals surface area (Å²) in [4.78, 5) is 11.6. The second-order valence-corrected chi connectivity index (χ2v) is 4.27. The van der Waals surface area contributed by atoms with Crippen LogP contribution in [0.2, 0.25) is 0 Å². The van der Waals surface area contributed by atoms with Crippen LogP contribution in [0.3, 0.4) is 0 Å². The lowest BCUT2D eigenvalue weighted by Gasteiger charge is -2.12. The van der Waals surface area contributed by atoms with E-state index >= 15 is 0 Å². The zero-order valence-corrected chi connectivity index (χ0v) is 9.39. The molecule has 1 unspecified atom stereocenters. The van der Waals surface area contributed by atoms with Gasteiger partial charge in [0.15, 0.2) is 4.45 Å². The minimum Gasteiger partial charge on any atom is -0.272 e. The van der Waals surface area contributed by atoms with Crippen LogP contribution < -0.4 is 5.43 Å². The standard InChI is InChI=1S/C10H9ClN2OS/c11-10(15)13-6-8(9(14)12-13)7-4-2-1-3-5-7/h1-5,8H,6H2,(H,12,14). The number of benzene rings is 1. The Morgan fingerprint density at radius 2 is 2.13 bits per heavy atom. The number of amides is 1. The van der Waals surface area contributed by atoms with Crippen LogP contribution in [0.25, 0.3) is 0 Å². The van der Waals surface area contributed by atoms with Crippen molar-refractivity contribution in [1.82, 2.24) is 10.4 Å². The van der Waals surface area contributed by atoms with Crippen molar-refractivity contribution in [1.29, 1.82) is 0 Å². The average molecular weight is 241 g/mol. The lowest BCUT2D eigenvalue weighted by molar-refractivity contribution is -0.121. The van der Waals surface area contributed by atoms with Crippen molar-refractivity contribution in [3.05, 3.63) is 35.9 Å². The number of halogens is 1. The largest absolute Gasteiger partial charge is 0.272 e. The molecule has 0 saturated carbocycles. The summed E-state index contributed by atoms with van der Waals surface area (Å²) in [6, 6.07) is 9.57. The van der Waals surface area contributed by atoms with Crippen LogP contribution in [-0.2, 0) is 4.79 Å². The summed E-state index contributed by atoms with van der Waals surface area (Å²) in [7, 11) is 0. The molecule has 1 heterocycles. The van der Waals surface area contributed by atoms with Crippen LogP contribution >= 0.6 is 23.8 Å². The van der Waals surface area contributed by atoms with Gasteiger partial charge >= 0.3 is 0 Å². The van der Waals surface area contributed by atoms with Gasteiger partial charge in [0.1, 0.15) is 0 Å². The van der Waals surface area contributed by atoms with E-state index in [4.69, 9.17) is 23.8 Å². The molecule has 1 atom stereocenters. The van der Waals surface area contributed by atoms with E-state index in [0.717, 1.165) is 5.56 Å². The molecular weight excluding hydrogens is 232 g/mol. The van der Waals surface area contributed by atoms with Gasteiger partial charge in [-0.1, -0.05) is 41.9 Å². The topological polar surface area (TPSA) is 32.3 Å². The van der Waals surface area contributed by atoms with Crippen molar-refractivity contribution >= 4 is 34.2 Å². The molecule has 0 radical (unpaired) electrons. The van der Waals surface area contributed by atoms with Crippen molar-refractivity contribution in [3.8, 4) is 0 Å². The monoisotopic (exact) mass is 240 g/mol. The van der Waals surface area contributed by atoms with Gasteiger partial charge in [0.05, 0.1) is 12.5 Å². The number of hydrogen-bond acceptors (Lipinski definition) is 2. The first-order valence-electron chi connectivity index (χ1n) is 4.51. The molecule has 1 amide bonds. The number of thiocarbonyl (C=S) groups is 1. The maximum Gasteiger partial charge on any atom is 0.247 e. The van der Waals surface area contributed by atoms with Crippen LogP contribution in [-0.4, -0.2) is 21.9 Å². The highest BCUT2D eigenvalue weighted by atomic mass is 35.5. The summed E-state index contributed by atoms with van der Waals surface area (Å²) in [5.74, 6) is -0.257. The van der Waals surface area contributed by atoms with Gasteiger partial charge in [-0.25, -0.2) is 0 Å². The van der Waals surface area contributed by atoms with Crippen LogP contribution in [0.5, 0.6) is 0 Å². The van der Waals surface area contributed by atoms with Crippen molar-refractivity contribution in [3.63, 3.8) is 0 Å². The molecule has 5 heteroatoms. The highest BCUT2D eigenvalue weighted by molar-refractivity contribution is 7.83. The van der Waals surface area contributed by atoms with E-state index in [0.29, 0.717) is 6.54 Å². The van der Waals surface area contributed by atoms with Crippen molar-refractivity contribution in [2.45, 2.75) is 5.92 Å². The Hall–Kier alpha value is -1.13. The number of carbonyl (C=O) groups excluding carboxylic acids is 1. The van der Waals surface area contributed by atoms with Gasteiger partial charge in [0, 0.05) is 0 Å². The molecular formula is C10H9ClN2OS. The second-order valence-electron chi connectivity index (χ2n) is 3.30. The molecule has 0 aromatic heterocycles. The Balaban J connectivity index is 2.19. The SMILES string of the molecule is O=C1NN(C(=S)Cl)CC1c1ccccc1. The molecule has 0 aliphatic carbocycles. The van der Waals surface area contributed by atoms with Gasteiger partial charge in [0.25, 0.3) is 0 Å². The summed E-state index contributed by atoms with van der Waals surface area (Å²) in [6.45, 7) is 0.491. The minimum absolute atomic E-state index is 0.0656. The van der Waals surface area contributed by atoms with Crippen LogP contribution in [0.1, 0.15) is 11.5 Å². The smallest absolute Gasteiger partial charge is 0.247 e. The molecule has 0 spiro atoms. The first kappa shape index (κ1) is 10.4. The van der Waals surface area contributed by atoms with E-state index in [1.165, 1.54) is 5.01 Å². The summed E-state index contributed by atoms with van der Waals surface area (Å²) in [5, 5.41) is 1.48. The van der Waals surface area contributed by atoms with Gasteiger partial charge in [-0.15, -0.1) is 0 Å². The molecule has 1 fully saturated rings. The molecule has 1 aromatic rings. The van der Waals surface area contributed by atoms with Crippen LogP contribution in [0.4, 0.5) is 0 Å². The van der Waals surface area contributed by atoms with Crippen molar-refractivity contribution < 1.29 is 4.79 Å². The van der Waals surface area contributed by atoms with Crippen LogP contribution in [0, 0.1) is 0 Å². The van der Waals surface area contributed by atoms with E-state index in [2.05, 4.69) is 5.43 Å². The lowest BCUT2D eigenvalue weighted by atomic mass is 10.00. The molecule has 3 nitrogen and oxygen atoms in total. The zero-order valence-electron chi connectivity index (χ0n) is 7.81. The highest BCUT2D eigenvalue weighted by Gasteiger charge is 2.32. The second kappa shape index (κ2) is 4.16. The third kappa shape index (κ3) is 2.11. The van der Waals surface area contributed by atoms with Gasteiger partial charge in [-0.3, -0.25) is 15.2 Å². The van der Waals surface area contributed by atoms with Gasteiger partial charge in [0.2, 0.25) is 5.91 Å². The molecule has 78 valence electrons. The molecule has 0 bridgehead atoms. The third-order valence-electron chi connectivity index (χ3n) is 2.34. The molecule has 1 aromatic carbocycles. The maximum absolute atomic E-state index is 11.6. The molecule has 1 N–H and O–H groups in total. The van der Waals surface area contributed by atoms with E-state index in [1.807, 2.05) is 30.3 Å². The van der Waals surface area contributed by atoms with Crippen molar-refractivity contribution in [2.75, 3.05) is 6.54 Å². The fraction of sp³-hybridized carbons (Fsp3) is 0.200. The van der Waals surface area contributed by atoms with Gasteiger partial charge < -0.3 is 0 Å². The third-order valence-corrected chi connectivity index (χ3v) is 2.77. The van der Waals surface area contributed by atoms with Gasteiger partial charge in [-0.05, 0) is 17.8 Å². The molecule has 1 saturated heterocycles. The fourth-order valence-corrected chi connectivity index (χ4v) is 1.81. The Bertz CT molecular complexity index is 396. The Morgan fingerprint density at radius 3 is 2.67 bits per heavy atom.